The van der Waals surface area contributed by atoms with Crippen molar-refractivity contribution in [1.82, 2.24) is 14.3 Å². The summed E-state index contributed by atoms with van der Waals surface area (Å²) >= 11 is 0. The quantitative estimate of drug-likeness (QED) is 0.0198. The van der Waals surface area contributed by atoms with Crippen LogP contribution in [-0.2, 0) is 20.0 Å². The summed E-state index contributed by atoms with van der Waals surface area (Å²) in [5, 5.41) is 23.4. The lowest BCUT2D eigenvalue weighted by Crippen LogP contribution is -2.57. The molecule has 41 heteroatoms. The van der Waals surface area contributed by atoms with Gasteiger partial charge in [-0.05, 0) is 51.7 Å². The summed E-state index contributed by atoms with van der Waals surface area (Å²) in [5.41, 5.74) is -25.0. The van der Waals surface area contributed by atoms with Gasteiger partial charge in [0, 0.05) is 45.2 Å². The number of hydrogen-bond donors (Lipinski definition) is 4. The molecule has 0 bridgehead atoms. The van der Waals surface area contributed by atoms with E-state index in [1.54, 1.807) is 19.0 Å². The third kappa shape index (κ3) is 25.1. The summed E-state index contributed by atoms with van der Waals surface area (Å²) in [4.78, 5) is 1.70. The Morgan fingerprint density at radius 1 is 0.416 bits per heavy atom. The molecule has 0 unspecified atom stereocenters. The van der Waals surface area contributed by atoms with Gasteiger partial charge in [-0.15, -0.1) is 0 Å². The van der Waals surface area contributed by atoms with Crippen LogP contribution in [0.2, 0.25) is 0 Å². The number of nitrogens with zero attached hydrogens (tertiary/aromatic N) is 2. The number of alkyl halides is 28. The van der Waals surface area contributed by atoms with E-state index in [4.69, 9.17) is 10.5 Å². The normalized spacial score (nSPS) is 15.0. The van der Waals surface area contributed by atoms with Gasteiger partial charge in [0.2, 0.25) is 20.0 Å². The molecule has 0 spiro atoms. The summed E-state index contributed by atoms with van der Waals surface area (Å²) < 4.78 is 416. The third-order valence-electron chi connectivity index (χ3n) is 10.7. The number of nitrogens with one attached hydrogen (secondary N) is 2. The minimum atomic E-state index is -6.83. The fourth-order valence-electron chi connectivity index (χ4n) is 6.62. The Bertz CT molecular complexity index is 1790. The summed E-state index contributed by atoms with van der Waals surface area (Å²) in [7, 11) is -2.41. The van der Waals surface area contributed by atoms with Crippen molar-refractivity contribution in [2.45, 2.75) is 149 Å². The first-order valence-corrected chi connectivity index (χ1v) is 24.6. The standard InChI is InChI=1S/C18H26F14N2O3S.C18H26F14N2O2S.H2O2/c1-34(2,35)8-5-7-33-38(36,37)9-4-3-6-12(10-13(19,15(21,22)23)16(24,25)26)11-14(20,17(27,28)29)18(30,31)32;1-34(2)8-5-7-33-37(35,36)9-4-3-6-12(10-13(19,15(21,22)23)16(24,25)26)11-14(20,17(27,28)29)18(30,31)32;1-2/h12,33H,3-11H2,1-2H3;12,33H,3-11H2,1-2H3;1-2H. The van der Waals surface area contributed by atoms with Gasteiger partial charge in [-0.25, -0.2) is 43.8 Å². The Kier molecular flexibility index (Phi) is 29.3. The number of sulfonamides is 2. The van der Waals surface area contributed by atoms with Crippen LogP contribution in [0.1, 0.15) is 77.0 Å². The Balaban J connectivity index is -0.00000138. The summed E-state index contributed by atoms with van der Waals surface area (Å²) in [6.45, 7) is 0.0815. The van der Waals surface area contributed by atoms with Crippen molar-refractivity contribution >= 4 is 20.0 Å². The Morgan fingerprint density at radius 3 is 0.831 bits per heavy atom. The minimum absolute atomic E-state index is 0.0308. The fraction of sp³-hybridized carbons (Fsp3) is 1.00. The number of hydroxylamine groups is 3. The monoisotopic (exact) mass is 1250 g/mol. The van der Waals surface area contributed by atoms with E-state index in [0.29, 0.717) is 13.0 Å². The highest BCUT2D eigenvalue weighted by molar-refractivity contribution is 7.89. The second-order valence-corrected chi connectivity index (χ2v) is 21.8. The second-order valence-electron chi connectivity index (χ2n) is 18.0. The van der Waals surface area contributed by atoms with Crippen LogP contribution < -0.4 is 9.44 Å². The maximum atomic E-state index is 14.1. The predicted molar refractivity (Wildman–Crippen MR) is 214 cm³/mol. The van der Waals surface area contributed by atoms with Crippen LogP contribution in [0.5, 0.6) is 0 Å². The van der Waals surface area contributed by atoms with Gasteiger partial charge in [0.05, 0.1) is 32.1 Å². The molecule has 468 valence electrons. The lowest BCUT2D eigenvalue weighted by molar-refractivity contribution is -0.840. The van der Waals surface area contributed by atoms with Gasteiger partial charge in [-0.1, -0.05) is 25.7 Å². The van der Waals surface area contributed by atoms with E-state index < -0.39 is 184 Å². The molecule has 0 aliphatic rings. The van der Waals surface area contributed by atoms with E-state index in [2.05, 4.69) is 4.72 Å². The zero-order valence-electron chi connectivity index (χ0n) is 40.1. The van der Waals surface area contributed by atoms with Gasteiger partial charge in [-0.3, -0.25) is 10.5 Å². The molecule has 77 heavy (non-hydrogen) atoms. The van der Waals surface area contributed by atoms with Crippen LogP contribution in [0.3, 0.4) is 0 Å². The highest BCUT2D eigenvalue weighted by Crippen LogP contribution is 2.57. The van der Waals surface area contributed by atoms with Crippen molar-refractivity contribution in [1.29, 1.82) is 0 Å². The number of quaternary nitrogens is 1. The van der Waals surface area contributed by atoms with Gasteiger partial charge in [0.15, 0.2) is 0 Å². The summed E-state index contributed by atoms with van der Waals surface area (Å²) in [6, 6.07) is 0. The lowest BCUT2D eigenvalue weighted by atomic mass is 9.80. The summed E-state index contributed by atoms with van der Waals surface area (Å²) in [5.74, 6) is -7.98. The molecule has 0 atom stereocenters. The first kappa shape index (κ1) is 78.9. The van der Waals surface area contributed by atoms with Gasteiger partial charge in [0.1, 0.15) is 0 Å². The van der Waals surface area contributed by atoms with Crippen LogP contribution >= 0.6 is 0 Å². The lowest BCUT2D eigenvalue weighted by Gasteiger charge is -2.37. The van der Waals surface area contributed by atoms with E-state index in [1.165, 1.54) is 14.1 Å². The molecule has 0 heterocycles. The molecule has 0 aromatic heterocycles. The molecule has 0 aromatic rings. The van der Waals surface area contributed by atoms with E-state index in [-0.39, 0.29) is 26.1 Å². The molecule has 0 saturated heterocycles. The molecule has 0 amide bonds. The smallest absolute Gasteiger partial charge is 0.431 e. The Morgan fingerprint density at radius 2 is 0.636 bits per heavy atom. The maximum absolute atomic E-state index is 14.1. The van der Waals surface area contributed by atoms with Crippen molar-refractivity contribution in [3.8, 4) is 0 Å². The largest absolute Gasteiger partial charge is 0.633 e. The Labute approximate surface area is 421 Å². The first-order chi connectivity index (χ1) is 33.7. The fourth-order valence-corrected chi connectivity index (χ4v) is 8.99. The molecule has 0 rings (SSSR count). The van der Waals surface area contributed by atoms with Crippen molar-refractivity contribution in [3.63, 3.8) is 0 Å². The highest BCUT2D eigenvalue weighted by atomic mass is 32.2. The molecule has 4 N–H and O–H groups in total. The van der Waals surface area contributed by atoms with E-state index in [9.17, 15) is 145 Å². The first-order valence-electron chi connectivity index (χ1n) is 21.3. The molecule has 0 aliphatic heterocycles. The van der Waals surface area contributed by atoms with E-state index in [0.717, 1.165) is 0 Å². The minimum Gasteiger partial charge on any atom is -0.633 e. The molecule has 0 aliphatic carbocycles. The van der Waals surface area contributed by atoms with Crippen molar-refractivity contribution in [3.05, 3.63) is 5.21 Å². The summed E-state index contributed by atoms with van der Waals surface area (Å²) in [6.07, 6.45) is -72.1. The van der Waals surface area contributed by atoms with Crippen molar-refractivity contribution in [2.75, 3.05) is 65.9 Å². The number of unbranched alkanes of at least 4 members (excludes halogenated alkanes) is 2. The molecule has 0 radical (unpaired) electrons. The van der Waals surface area contributed by atoms with Crippen LogP contribution in [0.25, 0.3) is 0 Å². The highest BCUT2D eigenvalue weighted by Gasteiger charge is 2.77. The molecule has 11 nitrogen and oxygen atoms in total. The van der Waals surface area contributed by atoms with Crippen LogP contribution in [-0.4, -0.2) is 175 Å². The second kappa shape index (κ2) is 28.6. The number of halogens is 28. The van der Waals surface area contributed by atoms with Crippen LogP contribution in [0, 0.1) is 17.0 Å². The molecule has 0 fully saturated rings. The average molecular weight is 1250 g/mol. The zero-order chi connectivity index (χ0) is 62.4. The average Bonchev–Trinajstić information content (AvgIpc) is 3.18. The number of rotatable bonds is 28. The van der Waals surface area contributed by atoms with Gasteiger partial charge in [0.25, 0.3) is 22.7 Å². The molecular weight excluding hydrogens is 1200 g/mol. The SMILES string of the molecule is CN(C)CCCNS(=O)(=O)CCCCC(CC(F)(C(F)(F)F)C(F)(F)F)CC(F)(C(F)(F)F)C(F)(F)F.C[N+](C)([O-])CCCNS(=O)(=O)CCCCC(CC(F)(C(F)(F)F)C(F)(F)F)CC(F)(C(F)(F)F)C(F)(F)F.OO. The van der Waals surface area contributed by atoms with Crippen LogP contribution in [0.4, 0.5) is 123 Å². The zero-order valence-corrected chi connectivity index (χ0v) is 41.7. The molecule has 0 saturated carbocycles. The maximum Gasteiger partial charge on any atom is 0.431 e. The topological polar surface area (TPSA) is 159 Å². The van der Waals surface area contributed by atoms with Gasteiger partial charge in [-0.2, -0.15) is 105 Å². The van der Waals surface area contributed by atoms with Crippen LogP contribution in [0.15, 0.2) is 0 Å². The predicted octanol–water partition coefficient (Wildman–Crippen LogP) is 12.2. The van der Waals surface area contributed by atoms with Crippen molar-refractivity contribution < 1.29 is 155 Å². The van der Waals surface area contributed by atoms with Gasteiger partial charge < -0.3 is 14.8 Å². The van der Waals surface area contributed by atoms with E-state index >= 15 is 0 Å². The molecular formula is C36H54F28N4O7S2. The number of hydrogen-bond acceptors (Lipinski definition) is 8. The van der Waals surface area contributed by atoms with Crippen molar-refractivity contribution in [2.24, 2.45) is 11.8 Å². The van der Waals surface area contributed by atoms with E-state index in [1.807, 2.05) is 4.72 Å². The Hall–Kier alpha value is -2.34. The van der Waals surface area contributed by atoms with Gasteiger partial charge >= 0.3 is 49.4 Å². The molecule has 0 aromatic carbocycles. The third-order valence-corrected chi connectivity index (χ3v) is 13.7.